The maximum atomic E-state index is 12.2. The molecule has 5 nitrogen and oxygen atoms in total. The lowest BCUT2D eigenvalue weighted by atomic mass is 9.94. The number of hydrogen-bond acceptors (Lipinski definition) is 2. The molecule has 6 heteroatoms. The van der Waals surface area contributed by atoms with E-state index >= 15 is 0 Å². The van der Waals surface area contributed by atoms with Crippen LogP contribution < -0.4 is 15.5 Å². The first-order valence-corrected chi connectivity index (χ1v) is 8.82. The van der Waals surface area contributed by atoms with Crippen molar-refractivity contribution in [1.82, 2.24) is 5.32 Å². The first kappa shape index (κ1) is 18.7. The van der Waals surface area contributed by atoms with Crippen molar-refractivity contribution >= 4 is 29.1 Å². The van der Waals surface area contributed by atoms with Crippen LogP contribution in [0.1, 0.15) is 33.6 Å². The highest BCUT2D eigenvalue weighted by atomic mass is 35.5. The van der Waals surface area contributed by atoms with Gasteiger partial charge in [-0.25, -0.2) is 0 Å². The number of piperidine rings is 1. The number of carbonyl (C=O) groups is 2. The second kappa shape index (κ2) is 7.99. The zero-order valence-electron chi connectivity index (χ0n) is 14.6. The van der Waals surface area contributed by atoms with E-state index in [9.17, 15) is 9.59 Å². The first-order valence-electron chi connectivity index (χ1n) is 8.44. The van der Waals surface area contributed by atoms with Gasteiger partial charge in [0.1, 0.15) is 0 Å². The highest BCUT2D eigenvalue weighted by molar-refractivity contribution is 6.33. The number of halogens is 1. The molecular formula is C18H27ClN3O2+. The molecule has 1 aliphatic rings. The van der Waals surface area contributed by atoms with Gasteiger partial charge in [-0.05, 0) is 12.1 Å². The van der Waals surface area contributed by atoms with E-state index in [0.29, 0.717) is 17.3 Å². The number of amides is 2. The number of benzene rings is 1. The molecule has 0 atom stereocenters. The molecule has 1 aromatic rings. The molecule has 1 aliphatic heterocycles. The molecular weight excluding hydrogens is 326 g/mol. The van der Waals surface area contributed by atoms with Crippen molar-refractivity contribution in [2.24, 2.45) is 5.41 Å². The summed E-state index contributed by atoms with van der Waals surface area (Å²) in [4.78, 5) is 25.4. The number of nitrogens with one attached hydrogen (secondary N) is 3. The number of rotatable bonds is 4. The summed E-state index contributed by atoms with van der Waals surface area (Å²) in [5.41, 5.74) is 0.287. The Bertz CT molecular complexity index is 590. The summed E-state index contributed by atoms with van der Waals surface area (Å²) in [6.45, 7) is 7.94. The van der Waals surface area contributed by atoms with Gasteiger partial charge in [-0.1, -0.05) is 44.5 Å². The van der Waals surface area contributed by atoms with Crippen LogP contribution in [0.25, 0.3) is 0 Å². The molecule has 0 aromatic heterocycles. The van der Waals surface area contributed by atoms with Crippen molar-refractivity contribution in [3.8, 4) is 0 Å². The zero-order valence-corrected chi connectivity index (χ0v) is 15.4. The number of quaternary nitrogens is 1. The Morgan fingerprint density at radius 1 is 1.21 bits per heavy atom. The fourth-order valence-corrected chi connectivity index (χ4v) is 2.92. The lowest BCUT2D eigenvalue weighted by Crippen LogP contribution is -3.14. The average Bonchev–Trinajstić information content (AvgIpc) is 2.50. The van der Waals surface area contributed by atoms with E-state index in [2.05, 4.69) is 10.6 Å². The highest BCUT2D eigenvalue weighted by Crippen LogP contribution is 2.20. The summed E-state index contributed by atoms with van der Waals surface area (Å²) in [6, 6.07) is 7.45. The maximum absolute atomic E-state index is 12.2. The monoisotopic (exact) mass is 352 g/mol. The summed E-state index contributed by atoms with van der Waals surface area (Å²) < 4.78 is 0. The molecule has 0 unspecified atom stereocenters. The number of carbonyl (C=O) groups excluding carboxylic acids is 2. The molecule has 0 radical (unpaired) electrons. The van der Waals surface area contributed by atoms with E-state index in [1.807, 2.05) is 32.9 Å². The van der Waals surface area contributed by atoms with E-state index in [1.165, 1.54) is 4.90 Å². The summed E-state index contributed by atoms with van der Waals surface area (Å²) in [5, 5.41) is 6.51. The standard InChI is InChI=1S/C18H26ClN3O2/c1-18(2,3)17(24)20-13-8-10-22(11-9-13)12-16(23)21-15-7-5-4-6-14(15)19/h4-7,13H,8-12H2,1-3H3,(H,20,24)(H,21,23)/p+1. The van der Waals surface area contributed by atoms with Crippen molar-refractivity contribution in [3.05, 3.63) is 29.3 Å². The lowest BCUT2D eigenvalue weighted by Gasteiger charge is -2.31. The minimum absolute atomic E-state index is 0.0322. The molecule has 1 fully saturated rings. The quantitative estimate of drug-likeness (QED) is 0.768. The van der Waals surface area contributed by atoms with Crippen LogP contribution in [0.2, 0.25) is 5.02 Å². The van der Waals surface area contributed by atoms with Gasteiger partial charge in [0.25, 0.3) is 5.91 Å². The van der Waals surface area contributed by atoms with Crippen molar-refractivity contribution in [1.29, 1.82) is 0 Å². The summed E-state index contributed by atoms with van der Waals surface area (Å²) >= 11 is 6.05. The van der Waals surface area contributed by atoms with Crippen molar-refractivity contribution in [2.45, 2.75) is 39.7 Å². The summed E-state index contributed by atoms with van der Waals surface area (Å²) in [5.74, 6) is 0.0580. The van der Waals surface area contributed by atoms with E-state index in [-0.39, 0.29) is 23.3 Å². The Labute approximate surface area is 148 Å². The van der Waals surface area contributed by atoms with Gasteiger partial charge in [0.05, 0.1) is 23.8 Å². The third-order valence-corrected chi connectivity index (χ3v) is 4.60. The predicted molar refractivity (Wildman–Crippen MR) is 96.3 cm³/mol. The molecule has 1 saturated heterocycles. The molecule has 24 heavy (non-hydrogen) atoms. The Morgan fingerprint density at radius 2 is 1.83 bits per heavy atom. The largest absolute Gasteiger partial charge is 0.352 e. The normalized spacial score (nSPS) is 21.2. The van der Waals surface area contributed by atoms with Crippen LogP contribution in [0.3, 0.4) is 0 Å². The van der Waals surface area contributed by atoms with Gasteiger partial charge in [-0.3, -0.25) is 9.59 Å². The van der Waals surface area contributed by atoms with E-state index in [4.69, 9.17) is 11.6 Å². The predicted octanol–water partition coefficient (Wildman–Crippen LogP) is 1.49. The Balaban J connectivity index is 1.76. The van der Waals surface area contributed by atoms with Crippen LogP contribution in [-0.2, 0) is 9.59 Å². The van der Waals surface area contributed by atoms with E-state index in [0.717, 1.165) is 25.9 Å². The Hall–Kier alpha value is -1.59. The fraction of sp³-hybridized carbons (Fsp3) is 0.556. The van der Waals surface area contributed by atoms with Crippen LogP contribution in [0.5, 0.6) is 0 Å². The second-order valence-electron chi connectivity index (χ2n) is 7.45. The van der Waals surface area contributed by atoms with Gasteiger partial charge in [0, 0.05) is 24.3 Å². The molecule has 2 rings (SSSR count). The number of anilines is 1. The molecule has 0 saturated carbocycles. The van der Waals surface area contributed by atoms with Gasteiger partial charge in [0.15, 0.2) is 6.54 Å². The van der Waals surface area contributed by atoms with Gasteiger partial charge >= 0.3 is 0 Å². The van der Waals surface area contributed by atoms with Crippen molar-refractivity contribution in [2.75, 3.05) is 25.0 Å². The number of likely N-dealkylation sites (tertiary alicyclic amines) is 1. The Kier molecular flexibility index (Phi) is 6.24. The SMILES string of the molecule is CC(C)(C)C(=O)NC1CC[NH+](CC(=O)Nc2ccccc2Cl)CC1. The van der Waals surface area contributed by atoms with E-state index < -0.39 is 0 Å². The number of hydrogen-bond donors (Lipinski definition) is 3. The molecule has 0 bridgehead atoms. The van der Waals surface area contributed by atoms with Crippen LogP contribution in [0, 0.1) is 5.41 Å². The third-order valence-electron chi connectivity index (χ3n) is 4.27. The minimum Gasteiger partial charge on any atom is -0.352 e. The zero-order chi connectivity index (χ0) is 17.7. The van der Waals surface area contributed by atoms with Gasteiger partial charge in [-0.2, -0.15) is 0 Å². The molecule has 0 spiro atoms. The minimum atomic E-state index is -0.362. The maximum Gasteiger partial charge on any atom is 0.279 e. The summed E-state index contributed by atoms with van der Waals surface area (Å²) in [6.07, 6.45) is 1.80. The molecule has 0 aliphatic carbocycles. The van der Waals surface area contributed by atoms with E-state index in [1.54, 1.807) is 12.1 Å². The topological polar surface area (TPSA) is 62.6 Å². The molecule has 2 amide bonds. The van der Waals surface area contributed by atoms with Crippen molar-refractivity contribution < 1.29 is 14.5 Å². The molecule has 132 valence electrons. The highest BCUT2D eigenvalue weighted by Gasteiger charge is 2.28. The Morgan fingerprint density at radius 3 is 2.42 bits per heavy atom. The first-order chi connectivity index (χ1) is 11.3. The molecule has 1 aromatic carbocycles. The fourth-order valence-electron chi connectivity index (χ4n) is 2.73. The van der Waals surface area contributed by atoms with Crippen LogP contribution in [0.15, 0.2) is 24.3 Å². The van der Waals surface area contributed by atoms with Crippen molar-refractivity contribution in [3.63, 3.8) is 0 Å². The second-order valence-corrected chi connectivity index (χ2v) is 7.86. The van der Waals surface area contributed by atoms with Gasteiger partial charge in [0.2, 0.25) is 5.91 Å². The van der Waals surface area contributed by atoms with Gasteiger partial charge in [-0.15, -0.1) is 0 Å². The lowest BCUT2D eigenvalue weighted by molar-refractivity contribution is -0.897. The van der Waals surface area contributed by atoms with Crippen LogP contribution >= 0.6 is 11.6 Å². The third kappa shape index (κ3) is 5.49. The average molecular weight is 353 g/mol. The van der Waals surface area contributed by atoms with Crippen LogP contribution in [0.4, 0.5) is 5.69 Å². The summed E-state index contributed by atoms with van der Waals surface area (Å²) in [7, 11) is 0. The number of para-hydroxylation sites is 1. The van der Waals surface area contributed by atoms with Gasteiger partial charge < -0.3 is 15.5 Å². The molecule has 3 N–H and O–H groups in total. The molecule has 1 heterocycles. The van der Waals surface area contributed by atoms with Crippen LogP contribution in [-0.4, -0.2) is 37.5 Å². The smallest absolute Gasteiger partial charge is 0.279 e.